The third kappa shape index (κ3) is 85.9. The van der Waals surface area contributed by atoms with E-state index in [2.05, 4.69) is 27.7 Å². The summed E-state index contributed by atoms with van der Waals surface area (Å²) in [5.41, 5.74) is 0. The zero-order valence-electron chi connectivity index (χ0n) is 73.7. The summed E-state index contributed by atoms with van der Waals surface area (Å²) in [5.74, 6) is -2.09. The van der Waals surface area contributed by atoms with Crippen molar-refractivity contribution in [3.8, 4) is 0 Å². The number of hydrogen-bond acceptors (Lipinski definition) is 15. The standard InChI is InChI=1S/C93H182O17P2/c1-5-9-13-17-21-25-29-32-35-38-41-43-45-48-51-54-57-60-64-68-72-76-80-93(98)110-89(84-104-91(96)78-74-70-66-62-58-55-52-49-47-44-42-39-36-33-30-26-22-18-14-10-6-2)86-108-112(101,102)106-82-87(94)81-105-111(99,100)107-85-88(83-103-90(95)77-73-69-65-61-28-24-20-16-12-8-4)109-92(97)79-75-71-67-63-59-56-53-50-46-40-37-34-31-27-23-19-15-11-7-3/h87-89,94H,5-86H2,1-4H3,(H,99,100)(H,101,102)/t87-,88+,89+/m0/s1. The van der Waals surface area contributed by atoms with Gasteiger partial charge in [0.15, 0.2) is 12.2 Å². The number of hydrogen-bond donors (Lipinski definition) is 3. The number of rotatable bonds is 94. The van der Waals surface area contributed by atoms with Crippen LogP contribution in [-0.2, 0) is 65.4 Å². The minimum Gasteiger partial charge on any atom is -0.462 e. The van der Waals surface area contributed by atoms with Crippen LogP contribution in [0.15, 0.2) is 0 Å². The van der Waals surface area contributed by atoms with E-state index in [1.165, 1.54) is 347 Å². The van der Waals surface area contributed by atoms with Gasteiger partial charge in [0.05, 0.1) is 26.4 Å². The van der Waals surface area contributed by atoms with Crippen molar-refractivity contribution in [3.05, 3.63) is 0 Å². The number of aliphatic hydroxyl groups is 1. The van der Waals surface area contributed by atoms with E-state index in [1.807, 2.05) is 0 Å². The molecule has 0 aromatic carbocycles. The van der Waals surface area contributed by atoms with E-state index >= 15 is 0 Å². The molecule has 666 valence electrons. The normalized spacial score (nSPS) is 13.6. The van der Waals surface area contributed by atoms with E-state index in [9.17, 15) is 43.2 Å². The van der Waals surface area contributed by atoms with Gasteiger partial charge < -0.3 is 33.8 Å². The maximum atomic E-state index is 13.2. The summed E-state index contributed by atoms with van der Waals surface area (Å²) in [6.07, 6.45) is 85.0. The highest BCUT2D eigenvalue weighted by molar-refractivity contribution is 7.47. The molecule has 5 atom stereocenters. The molecule has 0 saturated heterocycles. The van der Waals surface area contributed by atoms with Gasteiger partial charge in [0.2, 0.25) is 0 Å². The van der Waals surface area contributed by atoms with Crippen molar-refractivity contribution >= 4 is 39.5 Å². The molecule has 0 spiro atoms. The monoisotopic (exact) mass is 1630 g/mol. The Labute approximate surface area is 689 Å². The predicted octanol–water partition coefficient (Wildman–Crippen LogP) is 29.3. The van der Waals surface area contributed by atoms with E-state index < -0.39 is 97.5 Å². The molecule has 0 aliphatic rings. The molecule has 0 heterocycles. The van der Waals surface area contributed by atoms with Crippen molar-refractivity contribution in [2.45, 2.75) is 534 Å². The first-order valence-corrected chi connectivity index (χ1v) is 51.3. The van der Waals surface area contributed by atoms with E-state index in [-0.39, 0.29) is 25.7 Å². The van der Waals surface area contributed by atoms with Crippen LogP contribution in [0, 0.1) is 0 Å². The van der Waals surface area contributed by atoms with E-state index in [0.717, 1.165) is 89.9 Å². The molecule has 0 bridgehead atoms. The summed E-state index contributed by atoms with van der Waals surface area (Å²) < 4.78 is 69.1. The fourth-order valence-electron chi connectivity index (χ4n) is 14.8. The largest absolute Gasteiger partial charge is 0.472 e. The average molecular weight is 1630 g/mol. The minimum atomic E-state index is -4.97. The Kier molecular flexibility index (Phi) is 85.4. The Morgan fingerprint density at radius 2 is 0.357 bits per heavy atom. The van der Waals surface area contributed by atoms with Gasteiger partial charge in [0.25, 0.3) is 0 Å². The first kappa shape index (κ1) is 110. The van der Waals surface area contributed by atoms with Gasteiger partial charge in [-0.3, -0.25) is 37.3 Å². The second-order valence-electron chi connectivity index (χ2n) is 33.4. The lowest BCUT2D eigenvalue weighted by Gasteiger charge is -2.21. The predicted molar refractivity (Wildman–Crippen MR) is 465 cm³/mol. The SMILES string of the molecule is CCCCCCCCCCCCCCCCCCCCCCCCC(=O)O[C@H](COC(=O)CCCCCCCCCCCCCCCCCCCCCCC)COP(=O)(O)OC[C@@H](O)COP(=O)(O)OC[C@@H](COC(=O)CCCCCCCCCCCC)OC(=O)CCCCCCCCCCCCCCCCCCCCC. The zero-order chi connectivity index (χ0) is 81.7. The summed E-state index contributed by atoms with van der Waals surface area (Å²) in [6, 6.07) is 0. The first-order valence-electron chi connectivity index (χ1n) is 48.3. The number of ether oxygens (including phenoxy) is 4. The quantitative estimate of drug-likeness (QED) is 0.0222. The third-order valence-electron chi connectivity index (χ3n) is 22.1. The molecule has 112 heavy (non-hydrogen) atoms. The number of esters is 4. The molecule has 0 fully saturated rings. The lowest BCUT2D eigenvalue weighted by molar-refractivity contribution is -0.161. The molecule has 0 amide bonds. The lowest BCUT2D eigenvalue weighted by Crippen LogP contribution is -2.30. The van der Waals surface area contributed by atoms with Crippen LogP contribution < -0.4 is 0 Å². The van der Waals surface area contributed by atoms with Crippen molar-refractivity contribution in [3.63, 3.8) is 0 Å². The van der Waals surface area contributed by atoms with Crippen LogP contribution in [0.3, 0.4) is 0 Å². The molecule has 0 aliphatic heterocycles. The van der Waals surface area contributed by atoms with Crippen LogP contribution in [-0.4, -0.2) is 96.7 Å². The molecule has 2 unspecified atom stereocenters. The molecule has 0 aromatic rings. The van der Waals surface area contributed by atoms with E-state index in [1.54, 1.807) is 0 Å². The highest BCUT2D eigenvalue weighted by Crippen LogP contribution is 2.45. The van der Waals surface area contributed by atoms with Crippen molar-refractivity contribution < 1.29 is 80.2 Å². The van der Waals surface area contributed by atoms with Crippen LogP contribution in [0.4, 0.5) is 0 Å². The molecule has 0 aliphatic carbocycles. The van der Waals surface area contributed by atoms with Gasteiger partial charge in [0.1, 0.15) is 19.3 Å². The number of unbranched alkanes of at least 4 members (excludes halogenated alkanes) is 68. The van der Waals surface area contributed by atoms with Crippen molar-refractivity contribution in [1.29, 1.82) is 0 Å². The van der Waals surface area contributed by atoms with Crippen LogP contribution in [0.2, 0.25) is 0 Å². The van der Waals surface area contributed by atoms with E-state index in [4.69, 9.17) is 37.0 Å². The van der Waals surface area contributed by atoms with Crippen LogP contribution in [0.5, 0.6) is 0 Å². The first-order chi connectivity index (χ1) is 54.7. The molecular formula is C93H182O17P2. The smallest absolute Gasteiger partial charge is 0.462 e. The van der Waals surface area contributed by atoms with Crippen LogP contribution in [0.1, 0.15) is 516 Å². The maximum Gasteiger partial charge on any atom is 0.472 e. The van der Waals surface area contributed by atoms with E-state index in [0.29, 0.717) is 25.7 Å². The molecule has 0 radical (unpaired) electrons. The van der Waals surface area contributed by atoms with Gasteiger partial charge in [-0.15, -0.1) is 0 Å². The Balaban J connectivity index is 5.20. The molecular weight excluding hydrogens is 1450 g/mol. The maximum absolute atomic E-state index is 13.2. The molecule has 0 saturated carbocycles. The summed E-state index contributed by atoms with van der Waals surface area (Å²) in [5, 5.41) is 10.7. The third-order valence-corrected chi connectivity index (χ3v) is 24.0. The summed E-state index contributed by atoms with van der Waals surface area (Å²) >= 11 is 0. The number of phosphoric acid groups is 2. The van der Waals surface area contributed by atoms with Crippen LogP contribution >= 0.6 is 15.6 Å². The minimum absolute atomic E-state index is 0.110. The second kappa shape index (κ2) is 86.9. The Bertz CT molecular complexity index is 2100. The molecule has 19 heteroatoms. The van der Waals surface area contributed by atoms with Gasteiger partial charge in [-0.05, 0) is 25.7 Å². The van der Waals surface area contributed by atoms with Crippen molar-refractivity contribution in [1.82, 2.24) is 0 Å². The second-order valence-corrected chi connectivity index (χ2v) is 36.3. The van der Waals surface area contributed by atoms with Gasteiger partial charge in [0, 0.05) is 25.7 Å². The van der Waals surface area contributed by atoms with Gasteiger partial charge in [-0.1, -0.05) is 464 Å². The summed E-state index contributed by atoms with van der Waals surface area (Å²) in [4.78, 5) is 73.4. The highest BCUT2D eigenvalue weighted by atomic mass is 31.2. The molecule has 0 rings (SSSR count). The van der Waals surface area contributed by atoms with Crippen molar-refractivity contribution in [2.75, 3.05) is 39.6 Å². The van der Waals surface area contributed by atoms with Gasteiger partial charge in [-0.25, -0.2) is 9.13 Å². The fourth-order valence-corrected chi connectivity index (χ4v) is 16.3. The molecule has 17 nitrogen and oxygen atoms in total. The zero-order valence-corrected chi connectivity index (χ0v) is 75.5. The Morgan fingerprint density at radius 3 is 0.527 bits per heavy atom. The van der Waals surface area contributed by atoms with Crippen LogP contribution in [0.25, 0.3) is 0 Å². The summed E-state index contributed by atoms with van der Waals surface area (Å²) in [6.45, 7) is 5.09. The number of aliphatic hydroxyl groups excluding tert-OH is 1. The number of phosphoric ester groups is 2. The molecule has 0 aromatic heterocycles. The average Bonchev–Trinajstić information content (AvgIpc) is 0.901. The summed E-state index contributed by atoms with van der Waals surface area (Å²) in [7, 11) is -9.93. The Hall–Kier alpha value is -1.94. The lowest BCUT2D eigenvalue weighted by atomic mass is 10.0. The van der Waals surface area contributed by atoms with Gasteiger partial charge in [-0.2, -0.15) is 0 Å². The molecule has 3 N–H and O–H groups in total. The topological polar surface area (TPSA) is 237 Å². The van der Waals surface area contributed by atoms with Gasteiger partial charge >= 0.3 is 39.5 Å². The Morgan fingerprint density at radius 1 is 0.214 bits per heavy atom. The highest BCUT2D eigenvalue weighted by Gasteiger charge is 2.31. The van der Waals surface area contributed by atoms with Crippen molar-refractivity contribution in [2.24, 2.45) is 0 Å². The number of carbonyl (C=O) groups excluding carboxylic acids is 4. The number of carbonyl (C=O) groups is 4. The fraction of sp³-hybridized carbons (Fsp3) is 0.957.